The van der Waals surface area contributed by atoms with Gasteiger partial charge >= 0.3 is 5.97 Å². The maximum Gasteiger partial charge on any atom is 0.335 e. The highest BCUT2D eigenvalue weighted by atomic mass is 35.5. The van der Waals surface area contributed by atoms with Crippen molar-refractivity contribution in [1.29, 1.82) is 0 Å². The number of ether oxygens (including phenoxy) is 1. The van der Waals surface area contributed by atoms with Gasteiger partial charge in [-0.15, -0.1) is 0 Å². The Labute approximate surface area is 138 Å². The van der Waals surface area contributed by atoms with Gasteiger partial charge in [-0.2, -0.15) is 0 Å². The molecule has 0 radical (unpaired) electrons. The van der Waals surface area contributed by atoms with E-state index in [1.165, 1.54) is 12.1 Å². The molecule has 120 valence electrons. The van der Waals surface area contributed by atoms with E-state index in [-0.39, 0.29) is 11.5 Å². The van der Waals surface area contributed by atoms with Gasteiger partial charge in [0.1, 0.15) is 5.75 Å². The third-order valence-corrected chi connectivity index (χ3v) is 3.42. The van der Waals surface area contributed by atoms with E-state index >= 15 is 0 Å². The average Bonchev–Trinajstić information content (AvgIpc) is 2.50. The summed E-state index contributed by atoms with van der Waals surface area (Å²) in [4.78, 5) is 23.1. The Morgan fingerprint density at radius 2 is 1.96 bits per heavy atom. The summed E-state index contributed by atoms with van der Waals surface area (Å²) >= 11 is 5.88. The monoisotopic (exact) mass is 333 g/mol. The molecular formula is C17H16ClNO4. The normalized spacial score (nSPS) is 11.6. The molecule has 2 N–H and O–H groups in total. The van der Waals surface area contributed by atoms with Gasteiger partial charge in [-0.25, -0.2) is 4.79 Å². The van der Waals surface area contributed by atoms with E-state index < -0.39 is 12.1 Å². The molecule has 1 atom stereocenters. The summed E-state index contributed by atoms with van der Waals surface area (Å²) in [5.74, 6) is -0.861. The van der Waals surface area contributed by atoms with Gasteiger partial charge in [0, 0.05) is 10.7 Å². The van der Waals surface area contributed by atoms with Crippen LogP contribution in [0.4, 0.5) is 5.69 Å². The number of carbonyl (C=O) groups excluding carboxylic acids is 1. The molecule has 6 heteroatoms. The van der Waals surface area contributed by atoms with Crippen molar-refractivity contribution in [2.45, 2.75) is 20.0 Å². The minimum Gasteiger partial charge on any atom is -0.481 e. The van der Waals surface area contributed by atoms with Crippen LogP contribution in [-0.2, 0) is 4.79 Å². The van der Waals surface area contributed by atoms with Gasteiger partial charge < -0.3 is 15.2 Å². The fourth-order valence-electron chi connectivity index (χ4n) is 1.96. The Morgan fingerprint density at radius 3 is 2.61 bits per heavy atom. The molecule has 0 bridgehead atoms. The third kappa shape index (κ3) is 4.47. The van der Waals surface area contributed by atoms with Crippen molar-refractivity contribution in [1.82, 2.24) is 0 Å². The predicted molar refractivity (Wildman–Crippen MR) is 88.3 cm³/mol. The lowest BCUT2D eigenvalue weighted by atomic mass is 10.2. The SMILES string of the molecule is Cc1cc(Cl)ccc1OC(C)C(=O)Nc1cccc(C(=O)O)c1. The van der Waals surface area contributed by atoms with Crippen molar-refractivity contribution >= 4 is 29.2 Å². The van der Waals surface area contributed by atoms with Gasteiger partial charge in [0.05, 0.1) is 5.56 Å². The summed E-state index contributed by atoms with van der Waals surface area (Å²) in [7, 11) is 0. The van der Waals surface area contributed by atoms with Crippen molar-refractivity contribution in [3.8, 4) is 5.75 Å². The van der Waals surface area contributed by atoms with Gasteiger partial charge in [-0.05, 0) is 55.8 Å². The molecule has 0 aliphatic heterocycles. The highest BCUT2D eigenvalue weighted by Gasteiger charge is 2.16. The van der Waals surface area contributed by atoms with Crippen molar-refractivity contribution in [2.24, 2.45) is 0 Å². The lowest BCUT2D eigenvalue weighted by Crippen LogP contribution is -2.30. The first-order valence-electron chi connectivity index (χ1n) is 6.94. The molecule has 0 saturated carbocycles. The smallest absolute Gasteiger partial charge is 0.335 e. The van der Waals surface area contributed by atoms with Crippen molar-refractivity contribution < 1.29 is 19.4 Å². The zero-order valence-corrected chi connectivity index (χ0v) is 13.4. The van der Waals surface area contributed by atoms with E-state index in [0.29, 0.717) is 16.5 Å². The second kappa shape index (κ2) is 7.15. The molecule has 23 heavy (non-hydrogen) atoms. The quantitative estimate of drug-likeness (QED) is 0.873. The van der Waals surface area contributed by atoms with Crippen LogP contribution in [0.15, 0.2) is 42.5 Å². The van der Waals surface area contributed by atoms with Crippen LogP contribution in [0.3, 0.4) is 0 Å². The molecular weight excluding hydrogens is 318 g/mol. The molecule has 0 spiro atoms. The minimum absolute atomic E-state index is 0.102. The number of carbonyl (C=O) groups is 2. The Hall–Kier alpha value is -2.53. The highest BCUT2D eigenvalue weighted by Crippen LogP contribution is 2.23. The molecule has 0 aromatic heterocycles. The number of aromatic carboxylic acids is 1. The first-order valence-corrected chi connectivity index (χ1v) is 7.31. The number of halogens is 1. The standard InChI is InChI=1S/C17H16ClNO4/c1-10-8-13(18)6-7-15(10)23-11(2)16(20)19-14-5-3-4-12(9-14)17(21)22/h3-9,11H,1-2H3,(H,19,20)(H,21,22). The highest BCUT2D eigenvalue weighted by molar-refractivity contribution is 6.30. The van der Waals surface area contributed by atoms with Gasteiger partial charge in [0.25, 0.3) is 5.91 Å². The number of carboxylic acid groups (broad SMARTS) is 1. The fourth-order valence-corrected chi connectivity index (χ4v) is 2.19. The number of aryl methyl sites for hydroxylation is 1. The molecule has 0 aliphatic rings. The number of benzene rings is 2. The molecule has 0 fully saturated rings. The molecule has 2 rings (SSSR count). The van der Waals surface area contributed by atoms with Crippen LogP contribution in [0.25, 0.3) is 0 Å². The van der Waals surface area contributed by atoms with Crippen LogP contribution >= 0.6 is 11.6 Å². The maximum atomic E-state index is 12.2. The van der Waals surface area contributed by atoms with Crippen molar-refractivity contribution in [2.75, 3.05) is 5.32 Å². The number of hydrogen-bond acceptors (Lipinski definition) is 3. The second-order valence-corrected chi connectivity index (χ2v) is 5.48. The Morgan fingerprint density at radius 1 is 1.22 bits per heavy atom. The Balaban J connectivity index is 2.05. The summed E-state index contributed by atoms with van der Waals surface area (Å²) < 4.78 is 5.62. The number of nitrogens with one attached hydrogen (secondary N) is 1. The summed E-state index contributed by atoms with van der Waals surface area (Å²) in [5, 5.41) is 12.2. The topological polar surface area (TPSA) is 75.6 Å². The first-order chi connectivity index (χ1) is 10.9. The zero-order valence-electron chi connectivity index (χ0n) is 12.7. The van der Waals surface area contributed by atoms with Gasteiger partial charge in [-0.3, -0.25) is 4.79 Å². The van der Waals surface area contributed by atoms with E-state index in [0.717, 1.165) is 5.56 Å². The van der Waals surface area contributed by atoms with E-state index in [1.807, 2.05) is 6.92 Å². The molecule has 1 unspecified atom stereocenters. The second-order valence-electron chi connectivity index (χ2n) is 5.05. The van der Waals surface area contributed by atoms with Crippen LogP contribution in [0.5, 0.6) is 5.75 Å². The average molecular weight is 334 g/mol. The van der Waals surface area contributed by atoms with Crippen molar-refractivity contribution in [3.63, 3.8) is 0 Å². The molecule has 0 aliphatic carbocycles. The largest absolute Gasteiger partial charge is 0.481 e. The lowest BCUT2D eigenvalue weighted by molar-refractivity contribution is -0.122. The summed E-state index contributed by atoms with van der Waals surface area (Å²) in [6.07, 6.45) is -0.747. The number of amides is 1. The van der Waals surface area contributed by atoms with Crippen LogP contribution in [0.2, 0.25) is 5.02 Å². The van der Waals surface area contributed by atoms with E-state index in [9.17, 15) is 9.59 Å². The predicted octanol–water partition coefficient (Wildman–Crippen LogP) is 3.75. The van der Waals surface area contributed by atoms with Crippen molar-refractivity contribution in [3.05, 3.63) is 58.6 Å². The summed E-state index contributed by atoms with van der Waals surface area (Å²) in [6.45, 7) is 3.45. The molecule has 2 aromatic carbocycles. The maximum absolute atomic E-state index is 12.2. The van der Waals surface area contributed by atoms with Crippen LogP contribution < -0.4 is 10.1 Å². The number of anilines is 1. The Kier molecular flexibility index (Phi) is 5.24. The number of rotatable bonds is 5. The molecule has 1 amide bonds. The molecule has 0 saturated heterocycles. The van der Waals surface area contributed by atoms with E-state index in [1.54, 1.807) is 37.3 Å². The van der Waals surface area contributed by atoms with E-state index in [2.05, 4.69) is 5.32 Å². The molecule has 0 heterocycles. The van der Waals surface area contributed by atoms with Gasteiger partial charge in [0.15, 0.2) is 6.10 Å². The minimum atomic E-state index is -1.05. The number of carboxylic acids is 1. The third-order valence-electron chi connectivity index (χ3n) is 3.19. The Bertz CT molecular complexity index is 745. The fraction of sp³-hybridized carbons (Fsp3) is 0.176. The molecule has 2 aromatic rings. The van der Waals surface area contributed by atoms with E-state index in [4.69, 9.17) is 21.4 Å². The first kappa shape index (κ1) is 16.8. The lowest BCUT2D eigenvalue weighted by Gasteiger charge is -2.16. The summed E-state index contributed by atoms with van der Waals surface area (Å²) in [5.41, 5.74) is 1.33. The van der Waals surface area contributed by atoms with Gasteiger partial charge in [0.2, 0.25) is 0 Å². The van der Waals surface area contributed by atoms with Crippen LogP contribution in [-0.4, -0.2) is 23.1 Å². The summed E-state index contributed by atoms with van der Waals surface area (Å²) in [6, 6.07) is 11.2. The van der Waals surface area contributed by atoms with Crippen LogP contribution in [0.1, 0.15) is 22.8 Å². The van der Waals surface area contributed by atoms with Crippen LogP contribution in [0, 0.1) is 6.92 Å². The molecule has 5 nitrogen and oxygen atoms in total. The van der Waals surface area contributed by atoms with Gasteiger partial charge in [-0.1, -0.05) is 17.7 Å². The zero-order chi connectivity index (χ0) is 17.0. The number of hydrogen-bond donors (Lipinski definition) is 2.